The molecule has 4 rings (SSSR count). The number of hydrogen-bond acceptors (Lipinski definition) is 8. The van der Waals surface area contributed by atoms with Gasteiger partial charge in [-0.1, -0.05) is 122 Å². The summed E-state index contributed by atoms with van der Waals surface area (Å²) in [6.45, 7) is 18.1. The summed E-state index contributed by atoms with van der Waals surface area (Å²) in [6, 6.07) is 17.4. The van der Waals surface area contributed by atoms with Crippen molar-refractivity contribution in [3.8, 4) is 0 Å². The highest BCUT2D eigenvalue weighted by Gasteiger charge is 2.43. The zero-order chi connectivity index (χ0) is 43.7. The van der Waals surface area contributed by atoms with Gasteiger partial charge in [0.25, 0.3) is 0 Å². The fraction of sp³-hybridized carbons (Fsp3) is 0.553. The third-order valence-electron chi connectivity index (χ3n) is 11.9. The first-order chi connectivity index (χ1) is 27.8. The van der Waals surface area contributed by atoms with Gasteiger partial charge in [-0.25, -0.2) is 4.98 Å². The second-order valence-corrected chi connectivity index (χ2v) is 18.9. The highest BCUT2D eigenvalue weighted by atomic mass is 32.1. The summed E-state index contributed by atoms with van der Waals surface area (Å²) >= 11 is 1.51. The van der Waals surface area contributed by atoms with Gasteiger partial charge in [-0.15, -0.1) is 11.3 Å². The van der Waals surface area contributed by atoms with Crippen molar-refractivity contribution in [3.05, 3.63) is 100 Å². The molecule has 3 aromatic rings. The molecule has 1 saturated heterocycles. The maximum absolute atomic E-state index is 14.5. The van der Waals surface area contributed by atoms with Gasteiger partial charge in [-0.2, -0.15) is 0 Å². The number of methoxy groups -OCH3 is 1. The van der Waals surface area contributed by atoms with Crippen molar-refractivity contribution in [1.82, 2.24) is 30.7 Å². The van der Waals surface area contributed by atoms with Gasteiger partial charge in [0.05, 0.1) is 36.2 Å². The number of aromatic nitrogens is 1. The number of carbonyl (C=O) groups excluding carboxylic acids is 4. The molecule has 1 aromatic heterocycles. The van der Waals surface area contributed by atoms with Crippen LogP contribution < -0.4 is 16.0 Å². The molecule has 0 aliphatic carbocycles. The van der Waals surface area contributed by atoms with E-state index in [1.807, 2.05) is 132 Å². The highest BCUT2D eigenvalue weighted by Crippen LogP contribution is 2.31. The predicted molar refractivity (Wildman–Crippen MR) is 237 cm³/mol. The molecule has 0 unspecified atom stereocenters. The lowest BCUT2D eigenvalue weighted by Gasteiger charge is -2.40. The molecule has 0 saturated carbocycles. The van der Waals surface area contributed by atoms with Gasteiger partial charge < -0.3 is 30.5 Å². The second kappa shape index (κ2) is 20.7. The predicted octanol–water partition coefficient (Wildman–Crippen LogP) is 6.71. The van der Waals surface area contributed by atoms with Crippen LogP contribution in [-0.4, -0.2) is 96.4 Å². The van der Waals surface area contributed by atoms with Crippen molar-refractivity contribution < 1.29 is 23.9 Å². The van der Waals surface area contributed by atoms with Crippen LogP contribution in [0.5, 0.6) is 0 Å². The van der Waals surface area contributed by atoms with Crippen molar-refractivity contribution in [3.63, 3.8) is 0 Å². The Bertz CT molecular complexity index is 1860. The third-order valence-corrected chi connectivity index (χ3v) is 12.8. The van der Waals surface area contributed by atoms with E-state index in [4.69, 9.17) is 4.74 Å². The standard InChI is InChI=1S/C47H68N6O5S/c1-30(2)37(52(11)45(57)40(46(5,6)7)51-42(55)39(48-10)47(8,9)34-22-17-14-18-23-34)28-31(3)44(56)53-26-19-24-36(53)38(58-12)32(4)41(54)50-35(43-49-25-27-59-43)29-33-20-15-13-16-21-33/h13-18,20-23,25,27-28,30,32,35-40,48H,19,24,26,29H2,1-12H3,(H,50,54)(H,51,55)/b31-28+/t32-,35+,36+,37-,38-,39-,40-/m1/s1. The SMILES string of the molecule is CN[C@H](C(=O)N[C@H](C(=O)N(C)[C@H](/C=C(\C)C(=O)N1CCC[C@H]1[C@H](OC)[C@@H](C)C(=O)N[C@@H](Cc1ccccc1)c1nccs1)C(C)C)C(C)(C)C)C(C)(C)c1ccccc1. The van der Waals surface area contributed by atoms with E-state index in [2.05, 4.69) is 20.9 Å². The summed E-state index contributed by atoms with van der Waals surface area (Å²) in [5.74, 6) is -1.43. The molecule has 3 N–H and O–H groups in total. The van der Waals surface area contributed by atoms with Crippen LogP contribution in [0.2, 0.25) is 0 Å². The molecule has 0 spiro atoms. The average Bonchev–Trinajstić information content (AvgIpc) is 3.92. The van der Waals surface area contributed by atoms with Crippen LogP contribution in [0.25, 0.3) is 0 Å². The Labute approximate surface area is 356 Å². The van der Waals surface area contributed by atoms with E-state index in [-0.39, 0.29) is 41.6 Å². The number of ether oxygens (including phenoxy) is 1. The number of benzene rings is 2. The van der Waals surface area contributed by atoms with Crippen LogP contribution in [-0.2, 0) is 35.8 Å². The topological polar surface area (TPSA) is 133 Å². The Morgan fingerprint density at radius 3 is 2.12 bits per heavy atom. The van der Waals surface area contributed by atoms with Crippen LogP contribution in [0.15, 0.2) is 83.9 Å². The number of amides is 4. The number of likely N-dealkylation sites (N-methyl/N-ethyl adjacent to an activating group) is 2. The van der Waals surface area contributed by atoms with Crippen LogP contribution in [0.1, 0.15) is 97.3 Å². The Morgan fingerprint density at radius 1 is 0.949 bits per heavy atom. The molecular formula is C47H68N6O5S. The Hall–Kier alpha value is -4.39. The quantitative estimate of drug-likeness (QED) is 0.122. The maximum atomic E-state index is 14.5. The summed E-state index contributed by atoms with van der Waals surface area (Å²) in [5, 5.41) is 12.3. The molecule has 1 aliphatic rings. The van der Waals surface area contributed by atoms with Gasteiger partial charge in [0.2, 0.25) is 23.6 Å². The normalized spacial score (nSPS) is 18.1. The molecule has 59 heavy (non-hydrogen) atoms. The van der Waals surface area contributed by atoms with E-state index >= 15 is 0 Å². The highest BCUT2D eigenvalue weighted by molar-refractivity contribution is 7.09. The number of thiazole rings is 1. The lowest BCUT2D eigenvalue weighted by Crippen LogP contribution is -2.61. The Kier molecular flexibility index (Phi) is 16.6. The summed E-state index contributed by atoms with van der Waals surface area (Å²) in [7, 11) is 5.10. The molecule has 2 aromatic carbocycles. The van der Waals surface area contributed by atoms with E-state index in [0.717, 1.165) is 22.6 Å². The monoisotopic (exact) mass is 828 g/mol. The van der Waals surface area contributed by atoms with Gasteiger partial charge in [0.15, 0.2) is 0 Å². The number of nitrogens with zero attached hydrogens (tertiary/aromatic N) is 3. The lowest BCUT2D eigenvalue weighted by atomic mass is 9.76. The Balaban J connectivity index is 1.51. The zero-order valence-electron chi connectivity index (χ0n) is 37.2. The van der Waals surface area contributed by atoms with E-state index < -0.39 is 41.0 Å². The molecular weight excluding hydrogens is 761 g/mol. The fourth-order valence-corrected chi connectivity index (χ4v) is 9.06. The minimum atomic E-state index is -0.839. The third kappa shape index (κ3) is 11.7. The number of hydrogen-bond donors (Lipinski definition) is 3. The van der Waals surface area contributed by atoms with E-state index in [9.17, 15) is 19.2 Å². The molecule has 11 nitrogen and oxygen atoms in total. The molecule has 4 amide bonds. The molecule has 1 fully saturated rings. The van der Waals surface area contributed by atoms with Crippen LogP contribution in [0.3, 0.4) is 0 Å². The van der Waals surface area contributed by atoms with Gasteiger partial charge in [0.1, 0.15) is 11.0 Å². The summed E-state index contributed by atoms with van der Waals surface area (Å²) in [4.78, 5) is 64.8. The molecule has 0 radical (unpaired) electrons. The minimum absolute atomic E-state index is 0.0448. The maximum Gasteiger partial charge on any atom is 0.249 e. The van der Waals surface area contributed by atoms with Crippen molar-refractivity contribution in [2.24, 2.45) is 17.3 Å². The molecule has 12 heteroatoms. The Morgan fingerprint density at radius 2 is 1.58 bits per heavy atom. The van der Waals surface area contributed by atoms with E-state index in [1.165, 1.54) is 11.3 Å². The molecule has 322 valence electrons. The molecule has 1 aliphatic heterocycles. The minimum Gasteiger partial charge on any atom is -0.378 e. The number of carbonyl (C=O) groups is 4. The second-order valence-electron chi connectivity index (χ2n) is 18.0. The number of likely N-dealkylation sites (tertiary alicyclic amines) is 1. The summed E-state index contributed by atoms with van der Waals surface area (Å²) < 4.78 is 6.04. The van der Waals surface area contributed by atoms with Crippen LogP contribution >= 0.6 is 11.3 Å². The van der Waals surface area contributed by atoms with Gasteiger partial charge in [0, 0.05) is 43.3 Å². The average molecular weight is 829 g/mol. The number of rotatable bonds is 18. The summed E-state index contributed by atoms with van der Waals surface area (Å²) in [5.41, 5.74) is 1.42. The van der Waals surface area contributed by atoms with Crippen molar-refractivity contribution in [1.29, 1.82) is 0 Å². The fourth-order valence-electron chi connectivity index (χ4n) is 8.37. The first-order valence-corrected chi connectivity index (χ1v) is 21.8. The van der Waals surface area contributed by atoms with E-state index in [0.29, 0.717) is 25.0 Å². The molecule has 7 atom stereocenters. The van der Waals surface area contributed by atoms with Crippen molar-refractivity contribution >= 4 is 35.0 Å². The lowest BCUT2D eigenvalue weighted by molar-refractivity contribution is -0.141. The first-order valence-electron chi connectivity index (χ1n) is 20.9. The summed E-state index contributed by atoms with van der Waals surface area (Å²) in [6.07, 6.45) is 5.15. The van der Waals surface area contributed by atoms with Crippen molar-refractivity contribution in [2.45, 2.75) is 123 Å². The molecule has 2 heterocycles. The van der Waals surface area contributed by atoms with Gasteiger partial charge >= 0.3 is 0 Å². The molecule has 0 bridgehead atoms. The first kappa shape index (κ1) is 47.3. The van der Waals surface area contributed by atoms with Crippen LogP contribution in [0, 0.1) is 17.3 Å². The smallest absolute Gasteiger partial charge is 0.249 e. The van der Waals surface area contributed by atoms with Gasteiger partial charge in [-0.05, 0) is 55.7 Å². The van der Waals surface area contributed by atoms with E-state index in [1.54, 1.807) is 39.2 Å². The zero-order valence-corrected chi connectivity index (χ0v) is 38.1. The number of nitrogens with one attached hydrogen (secondary N) is 3. The van der Waals surface area contributed by atoms with Crippen LogP contribution in [0.4, 0.5) is 0 Å². The largest absolute Gasteiger partial charge is 0.378 e. The van der Waals surface area contributed by atoms with Crippen molar-refractivity contribution in [2.75, 3.05) is 27.7 Å². The van der Waals surface area contributed by atoms with Gasteiger partial charge in [-0.3, -0.25) is 19.2 Å².